The molecule has 0 aromatic carbocycles. The van der Waals surface area contributed by atoms with Gasteiger partial charge < -0.3 is 0 Å². The Balaban J connectivity index is 3.87. The van der Waals surface area contributed by atoms with Crippen molar-refractivity contribution in [2.45, 2.75) is 18.6 Å². The predicted molar refractivity (Wildman–Crippen MR) is 41.9 cm³/mol. The Hall–Kier alpha value is 0.423. The van der Waals surface area contributed by atoms with Crippen LogP contribution >= 0.6 is 0 Å². The van der Waals surface area contributed by atoms with Crippen molar-refractivity contribution in [2.24, 2.45) is 0 Å². The molecule has 0 atom stereocenters. The minimum absolute atomic E-state index is 0.934. The van der Waals surface area contributed by atoms with Crippen LogP contribution in [0.25, 0.3) is 0 Å². The predicted octanol–water partition coefficient (Wildman–Crippen LogP) is 1.27. The van der Waals surface area contributed by atoms with Crippen LogP contribution in [0.15, 0.2) is 0 Å². The fourth-order valence-electron chi connectivity index (χ4n) is 0.862. The molecule has 0 aromatic heterocycles. The zero-order valence-corrected chi connectivity index (χ0v) is 9.24. The van der Waals surface area contributed by atoms with E-state index in [1.54, 1.807) is 21.3 Å². The van der Waals surface area contributed by atoms with E-state index < -0.39 is 14.3 Å². The molecule has 0 saturated heterocycles. The zero-order chi connectivity index (χ0) is 8.04. The van der Waals surface area contributed by atoms with Crippen molar-refractivity contribution in [3.63, 3.8) is 0 Å². The third-order valence-electron chi connectivity index (χ3n) is 1.49. The summed E-state index contributed by atoms with van der Waals surface area (Å²) in [4.78, 5) is 0. The van der Waals surface area contributed by atoms with Gasteiger partial charge in [0.25, 0.3) is 0 Å². The first-order chi connectivity index (χ1) is 4.74. The summed E-state index contributed by atoms with van der Waals surface area (Å²) in [6, 6.07) is 0. The molecule has 10 heavy (non-hydrogen) atoms. The molecule has 4 heteroatoms. The van der Waals surface area contributed by atoms with Crippen molar-refractivity contribution < 1.29 is 11.3 Å². The van der Waals surface area contributed by atoms with Crippen LogP contribution in [0.2, 0.25) is 5.25 Å². The van der Waals surface area contributed by atoms with Gasteiger partial charge in [0.2, 0.25) is 0 Å². The van der Waals surface area contributed by atoms with Crippen molar-refractivity contribution in [3.8, 4) is 0 Å². The zero-order valence-electron chi connectivity index (χ0n) is 7.14. The standard InChI is InChI=1S/C6H16GeO3/c1-5-6-7(8-2,9-3)10-4/h5-6H2,1-4H3. The molecular weight excluding hydrogens is 193 g/mol. The first kappa shape index (κ1) is 10.4. The average Bonchev–Trinajstić information content (AvgIpc) is 2.01. The quantitative estimate of drug-likeness (QED) is 0.638. The van der Waals surface area contributed by atoms with Gasteiger partial charge in [0.15, 0.2) is 0 Å². The second-order valence-electron chi connectivity index (χ2n) is 2.05. The van der Waals surface area contributed by atoms with Crippen LogP contribution in [-0.2, 0) is 11.3 Å². The first-order valence-corrected chi connectivity index (χ1v) is 7.45. The Labute approximate surface area is 66.0 Å². The Bertz CT molecular complexity index is 74.8. The van der Waals surface area contributed by atoms with E-state index in [4.69, 9.17) is 11.3 Å². The second kappa shape index (κ2) is 5.12. The summed E-state index contributed by atoms with van der Waals surface area (Å²) in [5.41, 5.74) is 0. The fourth-order valence-corrected chi connectivity index (χ4v) is 4.48. The van der Waals surface area contributed by atoms with Crippen molar-refractivity contribution in [3.05, 3.63) is 0 Å². The molecule has 0 aliphatic carbocycles. The molecule has 0 rings (SSSR count). The Morgan fingerprint density at radius 1 is 1.00 bits per heavy atom. The van der Waals surface area contributed by atoms with Gasteiger partial charge >= 0.3 is 65.5 Å². The van der Waals surface area contributed by atoms with Gasteiger partial charge in [-0.2, -0.15) is 0 Å². The maximum atomic E-state index is 5.22. The number of rotatable bonds is 5. The summed E-state index contributed by atoms with van der Waals surface area (Å²) in [6.45, 7) is 2.09. The van der Waals surface area contributed by atoms with E-state index >= 15 is 0 Å². The van der Waals surface area contributed by atoms with Crippen molar-refractivity contribution in [1.82, 2.24) is 0 Å². The second-order valence-corrected chi connectivity index (χ2v) is 8.53. The molecular formula is C6H16GeO3. The van der Waals surface area contributed by atoms with Gasteiger partial charge in [0.05, 0.1) is 0 Å². The number of hydrogen-bond donors (Lipinski definition) is 0. The van der Waals surface area contributed by atoms with Crippen LogP contribution in [0.4, 0.5) is 0 Å². The van der Waals surface area contributed by atoms with E-state index in [9.17, 15) is 0 Å². The molecule has 0 aliphatic heterocycles. The summed E-state index contributed by atoms with van der Waals surface area (Å²) < 4.78 is 15.7. The molecule has 0 amide bonds. The van der Waals surface area contributed by atoms with Crippen LogP contribution in [0.5, 0.6) is 0 Å². The summed E-state index contributed by atoms with van der Waals surface area (Å²) in [7, 11) is 4.97. The Morgan fingerprint density at radius 3 is 1.50 bits per heavy atom. The van der Waals surface area contributed by atoms with Gasteiger partial charge in [-0.05, 0) is 0 Å². The van der Waals surface area contributed by atoms with E-state index in [-0.39, 0.29) is 0 Å². The molecule has 3 nitrogen and oxygen atoms in total. The van der Waals surface area contributed by atoms with Gasteiger partial charge in [-0.1, -0.05) is 0 Å². The van der Waals surface area contributed by atoms with Crippen LogP contribution in [0.1, 0.15) is 13.3 Å². The fraction of sp³-hybridized carbons (Fsp3) is 1.00. The summed E-state index contributed by atoms with van der Waals surface area (Å²) in [6.07, 6.45) is 1.05. The van der Waals surface area contributed by atoms with E-state index in [1.807, 2.05) is 0 Å². The van der Waals surface area contributed by atoms with Crippen LogP contribution in [0, 0.1) is 0 Å². The summed E-state index contributed by atoms with van der Waals surface area (Å²) in [5.74, 6) is 0. The van der Waals surface area contributed by atoms with E-state index in [0.29, 0.717) is 0 Å². The van der Waals surface area contributed by atoms with Gasteiger partial charge in [0, 0.05) is 0 Å². The third-order valence-corrected chi connectivity index (χ3v) is 7.74. The van der Waals surface area contributed by atoms with E-state index in [2.05, 4.69) is 6.92 Å². The van der Waals surface area contributed by atoms with Crippen LogP contribution in [0.3, 0.4) is 0 Å². The van der Waals surface area contributed by atoms with E-state index in [1.165, 1.54) is 0 Å². The molecule has 0 aliphatic rings. The van der Waals surface area contributed by atoms with E-state index in [0.717, 1.165) is 11.7 Å². The minimum atomic E-state index is -2.70. The summed E-state index contributed by atoms with van der Waals surface area (Å²) in [5, 5.41) is 0.934. The summed E-state index contributed by atoms with van der Waals surface area (Å²) >= 11 is -2.70. The molecule has 0 radical (unpaired) electrons. The maximum absolute atomic E-state index is 5.22. The van der Waals surface area contributed by atoms with Gasteiger partial charge in [-0.3, -0.25) is 0 Å². The molecule has 0 unspecified atom stereocenters. The molecule has 0 aromatic rings. The first-order valence-electron chi connectivity index (χ1n) is 3.40. The average molecular weight is 209 g/mol. The molecule has 0 fully saturated rings. The normalized spacial score (nSPS) is 12.0. The molecule has 0 saturated carbocycles. The topological polar surface area (TPSA) is 27.7 Å². The van der Waals surface area contributed by atoms with Crippen molar-refractivity contribution >= 4 is 14.3 Å². The van der Waals surface area contributed by atoms with Crippen molar-refractivity contribution in [2.75, 3.05) is 21.3 Å². The molecule has 0 N–H and O–H groups in total. The van der Waals surface area contributed by atoms with Crippen molar-refractivity contribution in [1.29, 1.82) is 0 Å². The Kier molecular flexibility index (Phi) is 5.34. The molecule has 0 heterocycles. The van der Waals surface area contributed by atoms with Gasteiger partial charge in [-0.25, -0.2) is 0 Å². The van der Waals surface area contributed by atoms with Gasteiger partial charge in [-0.15, -0.1) is 0 Å². The molecule has 0 bridgehead atoms. The van der Waals surface area contributed by atoms with Crippen LogP contribution in [-0.4, -0.2) is 35.6 Å². The SMILES string of the molecule is CC[CH2][Ge]([O]C)([O]C)[O]C. The third kappa shape index (κ3) is 2.58. The molecule has 0 spiro atoms. The monoisotopic (exact) mass is 210 g/mol. The van der Waals surface area contributed by atoms with Gasteiger partial charge in [0.1, 0.15) is 0 Å². The Morgan fingerprint density at radius 2 is 1.40 bits per heavy atom. The van der Waals surface area contributed by atoms with Crippen LogP contribution < -0.4 is 0 Å². The molecule has 62 valence electrons. The number of hydrogen-bond acceptors (Lipinski definition) is 3.